The minimum absolute atomic E-state index is 0.0723. The summed E-state index contributed by atoms with van der Waals surface area (Å²) >= 11 is 6.17. The summed E-state index contributed by atoms with van der Waals surface area (Å²) in [5.74, 6) is -0.539. The number of hydrogen-bond acceptors (Lipinski definition) is 4. The van der Waals surface area contributed by atoms with Crippen molar-refractivity contribution in [3.8, 4) is 5.75 Å². The molecule has 1 aliphatic rings. The second-order valence-corrected chi connectivity index (χ2v) is 5.86. The van der Waals surface area contributed by atoms with Crippen molar-refractivity contribution in [1.82, 2.24) is 9.88 Å². The number of benzene rings is 1. The van der Waals surface area contributed by atoms with Gasteiger partial charge in [0, 0.05) is 44.1 Å². The molecule has 7 heteroatoms. The number of rotatable bonds is 3. The van der Waals surface area contributed by atoms with Crippen LogP contribution in [0.4, 0.5) is 10.1 Å². The molecule has 0 saturated carbocycles. The summed E-state index contributed by atoms with van der Waals surface area (Å²) in [5, 5.41) is 0.598. The largest absolute Gasteiger partial charge is 0.494 e. The highest BCUT2D eigenvalue weighted by atomic mass is 35.5. The Labute approximate surface area is 144 Å². The Balaban J connectivity index is 1.68. The zero-order valence-electron chi connectivity index (χ0n) is 13.2. The average Bonchev–Trinajstić information content (AvgIpc) is 2.62. The molecule has 1 aliphatic heterocycles. The van der Waals surface area contributed by atoms with Crippen molar-refractivity contribution in [2.75, 3.05) is 38.2 Å². The Morgan fingerprint density at radius 1 is 1.25 bits per heavy atom. The van der Waals surface area contributed by atoms with Crippen molar-refractivity contribution in [3.05, 3.63) is 53.1 Å². The van der Waals surface area contributed by atoms with Crippen LogP contribution in [0.3, 0.4) is 0 Å². The summed E-state index contributed by atoms with van der Waals surface area (Å²) in [4.78, 5) is 20.4. The third kappa shape index (κ3) is 3.28. The minimum atomic E-state index is -0.480. The van der Waals surface area contributed by atoms with Gasteiger partial charge in [-0.05, 0) is 24.3 Å². The van der Waals surface area contributed by atoms with E-state index in [4.69, 9.17) is 16.3 Å². The molecule has 0 radical (unpaired) electrons. The lowest BCUT2D eigenvalue weighted by molar-refractivity contribution is 0.0746. The number of halogens is 2. The van der Waals surface area contributed by atoms with Gasteiger partial charge in [-0.1, -0.05) is 11.6 Å². The van der Waals surface area contributed by atoms with E-state index >= 15 is 0 Å². The SMILES string of the molecule is COc1cc(C(=O)N2CCN(c3ccncc3Cl)CC2)ccc1F. The van der Waals surface area contributed by atoms with E-state index in [0.29, 0.717) is 36.8 Å². The molecule has 2 aromatic rings. The Morgan fingerprint density at radius 2 is 2.00 bits per heavy atom. The summed E-state index contributed by atoms with van der Waals surface area (Å²) < 4.78 is 18.4. The lowest BCUT2D eigenvalue weighted by atomic mass is 10.1. The van der Waals surface area contributed by atoms with Crippen LogP contribution in [0.2, 0.25) is 5.02 Å². The number of amides is 1. The fraction of sp³-hybridized carbons (Fsp3) is 0.294. The number of hydrogen-bond donors (Lipinski definition) is 0. The monoisotopic (exact) mass is 349 g/mol. The molecular weight excluding hydrogens is 333 g/mol. The van der Waals surface area contributed by atoms with Crippen LogP contribution in [-0.2, 0) is 0 Å². The van der Waals surface area contributed by atoms with Gasteiger partial charge in [-0.2, -0.15) is 0 Å². The van der Waals surface area contributed by atoms with E-state index in [1.807, 2.05) is 6.07 Å². The maximum atomic E-state index is 13.5. The van der Waals surface area contributed by atoms with Crippen molar-refractivity contribution in [3.63, 3.8) is 0 Å². The van der Waals surface area contributed by atoms with Gasteiger partial charge in [0.25, 0.3) is 5.91 Å². The van der Waals surface area contributed by atoms with Crippen LogP contribution in [-0.4, -0.2) is 49.1 Å². The van der Waals surface area contributed by atoms with E-state index < -0.39 is 5.82 Å². The van der Waals surface area contributed by atoms with Crippen molar-refractivity contribution in [2.24, 2.45) is 0 Å². The fourth-order valence-electron chi connectivity index (χ4n) is 2.75. The summed E-state index contributed by atoms with van der Waals surface area (Å²) in [6.07, 6.45) is 3.31. The predicted molar refractivity (Wildman–Crippen MR) is 90.3 cm³/mol. The minimum Gasteiger partial charge on any atom is -0.494 e. The normalized spacial score (nSPS) is 14.6. The molecule has 2 heterocycles. The van der Waals surface area contributed by atoms with Gasteiger partial charge in [0.2, 0.25) is 0 Å². The zero-order chi connectivity index (χ0) is 17.1. The average molecular weight is 350 g/mol. The van der Waals surface area contributed by atoms with Crippen LogP contribution < -0.4 is 9.64 Å². The molecule has 3 rings (SSSR count). The first-order chi connectivity index (χ1) is 11.6. The van der Waals surface area contributed by atoms with E-state index in [9.17, 15) is 9.18 Å². The maximum Gasteiger partial charge on any atom is 0.254 e. The van der Waals surface area contributed by atoms with E-state index in [2.05, 4.69) is 9.88 Å². The molecule has 0 N–H and O–H groups in total. The van der Waals surface area contributed by atoms with Crippen molar-refractivity contribution >= 4 is 23.2 Å². The number of ether oxygens (including phenoxy) is 1. The molecule has 1 saturated heterocycles. The van der Waals surface area contributed by atoms with Crippen LogP contribution >= 0.6 is 11.6 Å². The van der Waals surface area contributed by atoms with Gasteiger partial charge in [-0.15, -0.1) is 0 Å². The van der Waals surface area contributed by atoms with Crippen molar-refractivity contribution < 1.29 is 13.9 Å². The molecule has 0 aliphatic carbocycles. The number of carbonyl (C=O) groups excluding carboxylic acids is 1. The van der Waals surface area contributed by atoms with Gasteiger partial charge in [0.15, 0.2) is 11.6 Å². The molecule has 1 amide bonds. The second-order valence-electron chi connectivity index (χ2n) is 5.46. The second kappa shape index (κ2) is 7.05. The standard InChI is InChI=1S/C17H17ClFN3O2/c1-24-16-10-12(2-3-14(16)19)17(23)22-8-6-21(7-9-22)15-4-5-20-11-13(15)18/h2-5,10-11H,6-9H2,1H3. The number of pyridine rings is 1. The molecule has 1 aromatic heterocycles. The summed E-state index contributed by atoms with van der Waals surface area (Å²) in [6.45, 7) is 2.48. The molecular formula is C17H17ClFN3O2. The van der Waals surface area contributed by atoms with E-state index in [0.717, 1.165) is 5.69 Å². The quantitative estimate of drug-likeness (QED) is 0.854. The van der Waals surface area contributed by atoms with E-state index in [-0.39, 0.29) is 11.7 Å². The molecule has 1 aromatic carbocycles. The number of piperazine rings is 1. The van der Waals surface area contributed by atoms with E-state index in [1.165, 1.54) is 25.3 Å². The van der Waals surface area contributed by atoms with Crippen molar-refractivity contribution in [2.45, 2.75) is 0 Å². The van der Waals surface area contributed by atoms with Crippen LogP contribution in [0, 0.1) is 5.82 Å². The lowest BCUT2D eigenvalue weighted by Crippen LogP contribution is -2.48. The molecule has 0 unspecified atom stereocenters. The van der Waals surface area contributed by atoms with E-state index in [1.54, 1.807) is 17.3 Å². The lowest BCUT2D eigenvalue weighted by Gasteiger charge is -2.36. The number of aromatic nitrogens is 1. The van der Waals surface area contributed by atoms with Crippen LogP contribution in [0.25, 0.3) is 0 Å². The summed E-state index contributed by atoms with van der Waals surface area (Å²) in [7, 11) is 1.38. The highest BCUT2D eigenvalue weighted by molar-refractivity contribution is 6.33. The van der Waals surface area contributed by atoms with Gasteiger partial charge in [0.05, 0.1) is 17.8 Å². The molecule has 24 heavy (non-hydrogen) atoms. The first-order valence-corrected chi connectivity index (χ1v) is 7.95. The highest BCUT2D eigenvalue weighted by Crippen LogP contribution is 2.26. The number of nitrogens with zero attached hydrogens (tertiary/aromatic N) is 3. The van der Waals surface area contributed by atoms with Gasteiger partial charge < -0.3 is 14.5 Å². The summed E-state index contributed by atoms with van der Waals surface area (Å²) in [6, 6.07) is 6.03. The van der Waals surface area contributed by atoms with Gasteiger partial charge in [-0.3, -0.25) is 9.78 Å². The number of anilines is 1. The third-order valence-corrected chi connectivity index (χ3v) is 4.35. The van der Waals surface area contributed by atoms with Crippen LogP contribution in [0.5, 0.6) is 5.75 Å². The van der Waals surface area contributed by atoms with Crippen molar-refractivity contribution in [1.29, 1.82) is 0 Å². The zero-order valence-corrected chi connectivity index (χ0v) is 14.0. The molecule has 0 atom stereocenters. The Bertz CT molecular complexity index is 748. The third-order valence-electron chi connectivity index (χ3n) is 4.06. The maximum absolute atomic E-state index is 13.5. The molecule has 1 fully saturated rings. The molecule has 0 bridgehead atoms. The Morgan fingerprint density at radius 3 is 2.67 bits per heavy atom. The molecule has 5 nitrogen and oxygen atoms in total. The number of methoxy groups -OCH3 is 1. The topological polar surface area (TPSA) is 45.7 Å². The fourth-order valence-corrected chi connectivity index (χ4v) is 2.99. The van der Waals surface area contributed by atoms with Gasteiger partial charge >= 0.3 is 0 Å². The smallest absolute Gasteiger partial charge is 0.254 e. The predicted octanol–water partition coefficient (Wildman–Crippen LogP) is 2.85. The molecule has 0 spiro atoms. The summed E-state index contributed by atoms with van der Waals surface area (Å²) in [5.41, 5.74) is 1.34. The van der Waals surface area contributed by atoms with Gasteiger partial charge in [0.1, 0.15) is 0 Å². The number of carbonyl (C=O) groups is 1. The Kier molecular flexibility index (Phi) is 4.85. The van der Waals surface area contributed by atoms with Crippen LogP contribution in [0.15, 0.2) is 36.7 Å². The van der Waals surface area contributed by atoms with Crippen LogP contribution in [0.1, 0.15) is 10.4 Å². The molecule has 126 valence electrons. The Hall–Kier alpha value is -2.34. The highest BCUT2D eigenvalue weighted by Gasteiger charge is 2.24. The van der Waals surface area contributed by atoms with Gasteiger partial charge in [-0.25, -0.2) is 4.39 Å². The first-order valence-electron chi connectivity index (χ1n) is 7.57. The first kappa shape index (κ1) is 16.5.